The van der Waals surface area contributed by atoms with Crippen LogP contribution in [0.4, 0.5) is 0 Å². The fraction of sp³-hybridized carbons (Fsp3) is 0.195. The molecule has 1 atom stereocenters. The van der Waals surface area contributed by atoms with Gasteiger partial charge in [0, 0.05) is 11.7 Å². The van der Waals surface area contributed by atoms with Gasteiger partial charge in [-0.1, -0.05) is 111 Å². The number of allylic oxidation sites excluding steroid dienone is 1. The standard InChI is InChI=1S/C41H38N2/c1-5-28(3)40(43-29(4)6-2)33-22-24-37-36-23-21-32(31-19-17-30(27-42)18-20-31)25-38(36)41(39(37)26-33,34-13-9-7-10-14-34)35-15-11-8-12-16-35/h7-26,29,43H,5-6H2,1-4H3/b40-28-. The van der Waals surface area contributed by atoms with Gasteiger partial charge in [-0.3, -0.25) is 0 Å². The second-order valence-corrected chi connectivity index (χ2v) is 11.7. The Balaban J connectivity index is 1.67. The quantitative estimate of drug-likeness (QED) is 0.202. The smallest absolute Gasteiger partial charge is 0.0991 e. The van der Waals surface area contributed by atoms with Gasteiger partial charge in [-0.15, -0.1) is 0 Å². The molecule has 1 aliphatic carbocycles. The number of nitrogens with zero attached hydrogens (tertiary/aromatic N) is 1. The third kappa shape index (κ3) is 4.86. The minimum absolute atomic E-state index is 0.380. The molecule has 1 aliphatic rings. The molecule has 5 aromatic carbocycles. The molecule has 0 aliphatic heterocycles. The topological polar surface area (TPSA) is 35.8 Å². The van der Waals surface area contributed by atoms with Crippen LogP contribution in [0.25, 0.3) is 28.0 Å². The van der Waals surface area contributed by atoms with Gasteiger partial charge in [0.2, 0.25) is 0 Å². The molecule has 1 unspecified atom stereocenters. The van der Waals surface area contributed by atoms with Gasteiger partial charge < -0.3 is 5.32 Å². The van der Waals surface area contributed by atoms with Gasteiger partial charge in [-0.2, -0.15) is 5.26 Å². The largest absolute Gasteiger partial charge is 0.382 e. The summed E-state index contributed by atoms with van der Waals surface area (Å²) in [5.74, 6) is 0. The Labute approximate surface area is 256 Å². The van der Waals surface area contributed by atoms with Crippen LogP contribution in [0.5, 0.6) is 0 Å². The van der Waals surface area contributed by atoms with E-state index in [1.807, 2.05) is 12.1 Å². The molecule has 0 radical (unpaired) electrons. The molecule has 5 aromatic rings. The zero-order chi connectivity index (χ0) is 30.0. The van der Waals surface area contributed by atoms with E-state index in [4.69, 9.17) is 0 Å². The van der Waals surface area contributed by atoms with Crippen molar-refractivity contribution in [3.63, 3.8) is 0 Å². The number of rotatable bonds is 8. The van der Waals surface area contributed by atoms with Crippen LogP contribution in [0, 0.1) is 11.3 Å². The average Bonchev–Trinajstić information content (AvgIpc) is 3.37. The highest BCUT2D eigenvalue weighted by atomic mass is 14.9. The van der Waals surface area contributed by atoms with Crippen molar-refractivity contribution in [3.8, 4) is 28.3 Å². The summed E-state index contributed by atoms with van der Waals surface area (Å²) in [6.45, 7) is 8.98. The van der Waals surface area contributed by atoms with E-state index in [2.05, 4.69) is 148 Å². The molecule has 1 N–H and O–H groups in total. The lowest BCUT2D eigenvalue weighted by molar-refractivity contribution is 0.627. The van der Waals surface area contributed by atoms with Crippen LogP contribution >= 0.6 is 0 Å². The first-order valence-corrected chi connectivity index (χ1v) is 15.4. The lowest BCUT2D eigenvalue weighted by atomic mass is 9.67. The van der Waals surface area contributed by atoms with E-state index in [1.54, 1.807) is 0 Å². The van der Waals surface area contributed by atoms with Crippen molar-refractivity contribution in [3.05, 3.63) is 160 Å². The predicted molar refractivity (Wildman–Crippen MR) is 180 cm³/mol. The van der Waals surface area contributed by atoms with Gasteiger partial charge in [-0.05, 0) is 107 Å². The summed E-state index contributed by atoms with van der Waals surface area (Å²) < 4.78 is 0. The van der Waals surface area contributed by atoms with E-state index in [-0.39, 0.29) is 0 Å². The molecule has 6 rings (SSSR count). The molecular formula is C41H38N2. The van der Waals surface area contributed by atoms with Gasteiger partial charge in [-0.25, -0.2) is 0 Å². The second-order valence-electron chi connectivity index (χ2n) is 11.7. The Bertz CT molecular complexity index is 1780. The minimum Gasteiger partial charge on any atom is -0.382 e. The van der Waals surface area contributed by atoms with Gasteiger partial charge in [0.1, 0.15) is 0 Å². The number of hydrogen-bond acceptors (Lipinski definition) is 2. The maximum Gasteiger partial charge on any atom is 0.0991 e. The van der Waals surface area contributed by atoms with Gasteiger partial charge >= 0.3 is 0 Å². The lowest BCUT2D eigenvalue weighted by Crippen LogP contribution is -2.29. The minimum atomic E-state index is -0.493. The molecule has 2 heteroatoms. The average molecular weight is 559 g/mol. The number of nitrogens with one attached hydrogen (secondary N) is 1. The Morgan fingerprint density at radius 1 is 0.721 bits per heavy atom. The van der Waals surface area contributed by atoms with Crippen molar-refractivity contribution < 1.29 is 0 Å². The second kappa shape index (κ2) is 11.8. The van der Waals surface area contributed by atoms with E-state index in [1.165, 1.54) is 50.2 Å². The summed E-state index contributed by atoms with van der Waals surface area (Å²) in [5, 5.41) is 13.2. The van der Waals surface area contributed by atoms with Gasteiger partial charge in [0.15, 0.2) is 0 Å². The van der Waals surface area contributed by atoms with Crippen molar-refractivity contribution in [2.45, 2.75) is 52.0 Å². The van der Waals surface area contributed by atoms with Crippen LogP contribution in [-0.4, -0.2) is 6.04 Å². The molecule has 0 fully saturated rings. The first-order chi connectivity index (χ1) is 21.0. The summed E-state index contributed by atoms with van der Waals surface area (Å²) in [6, 6.07) is 46.4. The van der Waals surface area contributed by atoms with Crippen molar-refractivity contribution in [1.29, 1.82) is 5.26 Å². The molecule has 0 spiro atoms. The van der Waals surface area contributed by atoms with Crippen molar-refractivity contribution in [2.24, 2.45) is 0 Å². The summed E-state index contributed by atoms with van der Waals surface area (Å²) in [4.78, 5) is 0. The van der Waals surface area contributed by atoms with E-state index in [9.17, 15) is 5.26 Å². The Morgan fingerprint density at radius 3 is 1.84 bits per heavy atom. The zero-order valence-corrected chi connectivity index (χ0v) is 25.5. The van der Waals surface area contributed by atoms with Crippen molar-refractivity contribution in [2.75, 3.05) is 0 Å². The first kappa shape index (κ1) is 28.3. The lowest BCUT2D eigenvalue weighted by Gasteiger charge is -2.34. The van der Waals surface area contributed by atoms with E-state index >= 15 is 0 Å². The van der Waals surface area contributed by atoms with Crippen LogP contribution in [0.2, 0.25) is 0 Å². The Morgan fingerprint density at radius 2 is 1.28 bits per heavy atom. The highest BCUT2D eigenvalue weighted by Gasteiger charge is 2.46. The first-order valence-electron chi connectivity index (χ1n) is 15.4. The maximum atomic E-state index is 9.36. The molecule has 0 amide bonds. The number of nitriles is 1. The maximum absolute atomic E-state index is 9.36. The van der Waals surface area contributed by atoms with Crippen LogP contribution in [0.1, 0.15) is 73.9 Å². The Hall–Kier alpha value is -4.87. The molecular weight excluding hydrogens is 520 g/mol. The van der Waals surface area contributed by atoms with Gasteiger partial charge in [0.05, 0.1) is 17.0 Å². The molecule has 0 heterocycles. The summed E-state index contributed by atoms with van der Waals surface area (Å²) in [7, 11) is 0. The number of benzene rings is 5. The van der Waals surface area contributed by atoms with E-state index in [0.29, 0.717) is 11.6 Å². The fourth-order valence-corrected chi connectivity index (χ4v) is 6.54. The number of hydrogen-bond donors (Lipinski definition) is 1. The van der Waals surface area contributed by atoms with Crippen LogP contribution in [-0.2, 0) is 5.41 Å². The summed E-state index contributed by atoms with van der Waals surface area (Å²) in [6.07, 6.45) is 2.06. The SMILES string of the molecule is CC/C(C)=C(\NC(C)CC)c1ccc2c(c1)C(c1ccccc1)(c1ccccc1)c1cc(-c3ccc(C#N)cc3)ccc1-2. The summed E-state index contributed by atoms with van der Waals surface area (Å²) >= 11 is 0. The molecule has 212 valence electrons. The molecule has 0 bridgehead atoms. The fourth-order valence-electron chi connectivity index (χ4n) is 6.54. The van der Waals surface area contributed by atoms with Crippen LogP contribution < -0.4 is 5.32 Å². The predicted octanol–water partition coefficient (Wildman–Crippen LogP) is 10.1. The summed E-state index contributed by atoms with van der Waals surface area (Å²) in [5.41, 5.74) is 13.9. The third-order valence-electron chi connectivity index (χ3n) is 9.15. The van der Waals surface area contributed by atoms with Crippen LogP contribution in [0.15, 0.2) is 127 Å². The monoisotopic (exact) mass is 558 g/mol. The molecule has 2 nitrogen and oxygen atoms in total. The highest BCUT2D eigenvalue weighted by Crippen LogP contribution is 2.57. The van der Waals surface area contributed by atoms with Crippen molar-refractivity contribution >= 4 is 5.70 Å². The van der Waals surface area contributed by atoms with Crippen molar-refractivity contribution in [1.82, 2.24) is 5.32 Å². The molecule has 43 heavy (non-hydrogen) atoms. The number of fused-ring (bicyclic) bond motifs is 3. The normalized spacial score (nSPS) is 14.2. The molecule has 0 aromatic heterocycles. The Kier molecular flexibility index (Phi) is 7.75. The van der Waals surface area contributed by atoms with E-state index in [0.717, 1.165) is 24.0 Å². The van der Waals surface area contributed by atoms with Crippen LogP contribution in [0.3, 0.4) is 0 Å². The molecule has 0 saturated heterocycles. The highest BCUT2D eigenvalue weighted by molar-refractivity contribution is 5.89. The van der Waals surface area contributed by atoms with E-state index < -0.39 is 5.41 Å². The van der Waals surface area contributed by atoms with Gasteiger partial charge in [0.25, 0.3) is 0 Å². The molecule has 0 saturated carbocycles. The zero-order valence-electron chi connectivity index (χ0n) is 25.5. The third-order valence-corrected chi connectivity index (χ3v) is 9.15.